The van der Waals surface area contributed by atoms with Crippen LogP contribution in [-0.4, -0.2) is 54.0 Å². The van der Waals surface area contributed by atoms with Gasteiger partial charge in [-0.25, -0.2) is 26.6 Å². The Balaban J connectivity index is 1.73. The Hall–Kier alpha value is -3.19. The summed E-state index contributed by atoms with van der Waals surface area (Å²) in [7, 11) is -3.84. The van der Waals surface area contributed by atoms with Crippen LogP contribution in [0.3, 0.4) is 0 Å². The fourth-order valence-corrected chi connectivity index (χ4v) is 5.35. The van der Waals surface area contributed by atoms with Crippen molar-refractivity contribution in [1.29, 1.82) is 0 Å². The molecular weight excluding hydrogens is 497 g/mol. The van der Waals surface area contributed by atoms with E-state index in [9.17, 15) is 22.0 Å². The highest BCUT2D eigenvalue weighted by Crippen LogP contribution is 2.29. The van der Waals surface area contributed by atoms with E-state index >= 15 is 4.39 Å². The minimum absolute atomic E-state index is 0.121. The Kier molecular flexibility index (Phi) is 7.50. The van der Waals surface area contributed by atoms with Crippen molar-refractivity contribution in [1.82, 2.24) is 19.9 Å². The Morgan fingerprint density at radius 3 is 2.64 bits per heavy atom. The van der Waals surface area contributed by atoms with Crippen molar-refractivity contribution in [2.75, 3.05) is 28.9 Å². The van der Waals surface area contributed by atoms with Gasteiger partial charge in [0.25, 0.3) is 5.56 Å². The summed E-state index contributed by atoms with van der Waals surface area (Å²) in [6, 6.07) is 3.38. The average molecular weight is 525 g/mol. The maximum atomic E-state index is 15.0. The maximum absolute atomic E-state index is 15.0. The molecule has 0 saturated carbocycles. The second-order valence-corrected chi connectivity index (χ2v) is 10.5. The molecule has 1 saturated heterocycles. The van der Waals surface area contributed by atoms with Crippen LogP contribution < -0.4 is 20.9 Å². The highest BCUT2D eigenvalue weighted by molar-refractivity contribution is 7.92. The van der Waals surface area contributed by atoms with E-state index in [1.165, 1.54) is 16.8 Å². The molecule has 1 aliphatic rings. The number of aryl methyl sites for hydroxylation is 1. The molecule has 0 aliphatic carbocycles. The molecule has 36 heavy (non-hydrogen) atoms. The number of aromatic nitrogens is 3. The molecule has 9 nitrogen and oxygen atoms in total. The van der Waals surface area contributed by atoms with E-state index in [1.807, 2.05) is 4.72 Å². The second kappa shape index (κ2) is 10.4. The van der Waals surface area contributed by atoms with Gasteiger partial charge in [0.05, 0.1) is 17.0 Å². The molecule has 2 atom stereocenters. The molecule has 3 heterocycles. The molecule has 2 aromatic heterocycles. The lowest BCUT2D eigenvalue weighted by atomic mass is 10.0. The molecule has 3 N–H and O–H groups in total. The monoisotopic (exact) mass is 524 g/mol. The van der Waals surface area contributed by atoms with Crippen LogP contribution in [0.25, 0.3) is 22.2 Å². The van der Waals surface area contributed by atoms with Gasteiger partial charge >= 0.3 is 0 Å². The van der Waals surface area contributed by atoms with Gasteiger partial charge in [-0.2, -0.15) is 4.98 Å². The summed E-state index contributed by atoms with van der Waals surface area (Å²) in [5.41, 5.74) is -1.29. The van der Waals surface area contributed by atoms with Crippen molar-refractivity contribution in [3.05, 3.63) is 46.4 Å². The van der Waals surface area contributed by atoms with Gasteiger partial charge in [-0.15, -0.1) is 0 Å². The fourth-order valence-electron chi connectivity index (χ4n) is 4.22. The lowest BCUT2D eigenvalue weighted by molar-refractivity contribution is 0.254. The number of alkyl halides is 1. The third-order valence-corrected chi connectivity index (χ3v) is 7.36. The van der Waals surface area contributed by atoms with Gasteiger partial charge < -0.3 is 10.6 Å². The zero-order chi connectivity index (χ0) is 26.0. The zero-order valence-corrected chi connectivity index (χ0v) is 20.6. The van der Waals surface area contributed by atoms with Crippen LogP contribution in [0.4, 0.5) is 24.8 Å². The van der Waals surface area contributed by atoms with Gasteiger partial charge in [-0.1, -0.05) is 6.92 Å². The quantitative estimate of drug-likeness (QED) is 0.415. The Morgan fingerprint density at radius 1 is 1.17 bits per heavy atom. The van der Waals surface area contributed by atoms with Crippen LogP contribution in [0.2, 0.25) is 0 Å². The summed E-state index contributed by atoms with van der Waals surface area (Å²) in [5, 5.41) is 6.46. The van der Waals surface area contributed by atoms with Crippen LogP contribution in [0.5, 0.6) is 0 Å². The van der Waals surface area contributed by atoms with Gasteiger partial charge in [-0.05, 0) is 31.5 Å². The number of fused-ring (bicyclic) bond motifs is 1. The minimum atomic E-state index is -3.84. The van der Waals surface area contributed by atoms with Crippen molar-refractivity contribution in [2.45, 2.75) is 45.4 Å². The molecule has 194 valence electrons. The van der Waals surface area contributed by atoms with E-state index in [4.69, 9.17) is 0 Å². The highest BCUT2D eigenvalue weighted by Gasteiger charge is 2.23. The highest BCUT2D eigenvalue weighted by atomic mass is 32.2. The first kappa shape index (κ1) is 25.9. The molecule has 0 radical (unpaired) electrons. The topological polar surface area (TPSA) is 118 Å². The predicted octanol–water partition coefficient (Wildman–Crippen LogP) is 3.02. The summed E-state index contributed by atoms with van der Waals surface area (Å²) >= 11 is 0. The molecule has 1 fully saturated rings. The van der Waals surface area contributed by atoms with Crippen molar-refractivity contribution in [3.63, 3.8) is 0 Å². The number of anilines is 2. The fraction of sp³-hybridized carbons (Fsp3) is 0.435. The van der Waals surface area contributed by atoms with Crippen LogP contribution >= 0.6 is 0 Å². The average Bonchev–Trinajstić information content (AvgIpc) is 2.82. The number of sulfonamides is 1. The van der Waals surface area contributed by atoms with Crippen molar-refractivity contribution in [2.24, 2.45) is 0 Å². The lowest BCUT2D eigenvalue weighted by Gasteiger charge is -2.26. The van der Waals surface area contributed by atoms with Crippen molar-refractivity contribution in [3.8, 4) is 11.1 Å². The Labute approximate surface area is 206 Å². The van der Waals surface area contributed by atoms with Crippen LogP contribution in [-0.2, 0) is 16.6 Å². The molecule has 0 bridgehead atoms. The van der Waals surface area contributed by atoms with E-state index in [1.54, 1.807) is 13.8 Å². The molecule has 0 unspecified atom stereocenters. The number of hydrogen-bond donors (Lipinski definition) is 3. The van der Waals surface area contributed by atoms with Gasteiger partial charge in [0.1, 0.15) is 11.8 Å². The summed E-state index contributed by atoms with van der Waals surface area (Å²) in [5.74, 6) is -2.78. The number of rotatable bonds is 8. The number of nitrogens with zero attached hydrogens (tertiary/aromatic N) is 3. The number of pyridine rings is 1. The third-order valence-electron chi connectivity index (χ3n) is 5.88. The Morgan fingerprint density at radius 2 is 1.94 bits per heavy atom. The number of piperidine rings is 1. The molecule has 4 rings (SSSR count). The smallest absolute Gasteiger partial charge is 0.260 e. The number of benzene rings is 1. The normalized spacial score (nSPS) is 18.4. The number of halogens is 3. The molecule has 0 spiro atoms. The first-order valence-corrected chi connectivity index (χ1v) is 13.3. The van der Waals surface area contributed by atoms with Crippen molar-refractivity contribution >= 4 is 32.7 Å². The number of nitrogens with one attached hydrogen (secondary N) is 3. The summed E-state index contributed by atoms with van der Waals surface area (Å²) in [6.45, 7) is 4.37. The van der Waals surface area contributed by atoms with Gasteiger partial charge in [0, 0.05) is 49.2 Å². The van der Waals surface area contributed by atoms with E-state index in [0.29, 0.717) is 24.8 Å². The van der Waals surface area contributed by atoms with E-state index in [0.717, 1.165) is 12.1 Å². The minimum Gasteiger partial charge on any atom is -0.350 e. The summed E-state index contributed by atoms with van der Waals surface area (Å²) < 4.78 is 70.8. The Bertz CT molecular complexity index is 1450. The summed E-state index contributed by atoms with van der Waals surface area (Å²) in [6.07, 6.45) is 1.06. The van der Waals surface area contributed by atoms with Gasteiger partial charge in [0.2, 0.25) is 16.0 Å². The van der Waals surface area contributed by atoms with Gasteiger partial charge in [0.15, 0.2) is 11.6 Å². The van der Waals surface area contributed by atoms with E-state index in [-0.39, 0.29) is 47.6 Å². The molecule has 13 heteroatoms. The zero-order valence-electron chi connectivity index (χ0n) is 19.8. The number of hydrogen-bond acceptors (Lipinski definition) is 7. The molecule has 0 amide bonds. The maximum Gasteiger partial charge on any atom is 0.260 e. The first-order chi connectivity index (χ1) is 17.1. The first-order valence-electron chi connectivity index (χ1n) is 11.6. The lowest BCUT2D eigenvalue weighted by Crippen LogP contribution is -2.44. The molecule has 1 aliphatic heterocycles. The molecular formula is C23H27F3N6O3S. The second-order valence-electron chi connectivity index (χ2n) is 8.62. The van der Waals surface area contributed by atoms with E-state index < -0.39 is 39.1 Å². The standard InChI is InChI=1S/C23H27F3N6O3S/c1-3-7-36(34,35)31-18-6-5-16(19(25)20(18)26)17-8-13-10-28-23(29-15-9-14(24)11-27-12-15)30-21(13)32(4-2)22(17)33/h5-6,8,10,14-15,27,31H,3-4,7,9,11-12H2,1-2H3,(H,28,29,30)/t14-,15-/m0/s1. The van der Waals surface area contributed by atoms with Crippen LogP contribution in [0.1, 0.15) is 26.7 Å². The SMILES string of the molecule is CCCS(=O)(=O)Nc1ccc(-c2cc3cnc(N[C@@H]4CNC[C@@H](F)C4)nc3n(CC)c2=O)c(F)c1F. The summed E-state index contributed by atoms with van der Waals surface area (Å²) in [4.78, 5) is 21.9. The van der Waals surface area contributed by atoms with Gasteiger partial charge in [-0.3, -0.25) is 14.1 Å². The van der Waals surface area contributed by atoms with Crippen molar-refractivity contribution < 1.29 is 21.6 Å². The van der Waals surface area contributed by atoms with Crippen LogP contribution in [0, 0.1) is 11.6 Å². The largest absolute Gasteiger partial charge is 0.350 e. The van der Waals surface area contributed by atoms with Crippen LogP contribution in [0.15, 0.2) is 29.2 Å². The third kappa shape index (κ3) is 5.31. The predicted molar refractivity (Wildman–Crippen MR) is 132 cm³/mol. The molecule has 1 aromatic carbocycles. The molecule has 3 aromatic rings. The van der Waals surface area contributed by atoms with E-state index in [2.05, 4.69) is 20.6 Å².